The van der Waals surface area contributed by atoms with Gasteiger partial charge in [-0.05, 0) is 24.6 Å². The molecule has 0 bridgehead atoms. The number of alkyl halides is 3. The van der Waals surface area contributed by atoms with Crippen molar-refractivity contribution in [3.05, 3.63) is 41.8 Å². The number of aromatic nitrogens is 1. The van der Waals surface area contributed by atoms with Crippen LogP contribution < -0.4 is 14.8 Å². The molecule has 2 amide bonds. The van der Waals surface area contributed by atoms with Gasteiger partial charge in [-0.3, -0.25) is 9.59 Å². The largest absolute Gasteiger partial charge is 0.495 e. The van der Waals surface area contributed by atoms with Crippen molar-refractivity contribution in [2.45, 2.75) is 25.1 Å². The van der Waals surface area contributed by atoms with Gasteiger partial charge in [-0.25, -0.2) is 0 Å². The smallest absolute Gasteiger partial charge is 0.420 e. The lowest BCUT2D eigenvalue weighted by Crippen LogP contribution is -2.38. The summed E-state index contributed by atoms with van der Waals surface area (Å²) >= 11 is 0. The average molecular weight is 427 g/mol. The van der Waals surface area contributed by atoms with Gasteiger partial charge in [-0.1, -0.05) is 0 Å². The Morgan fingerprint density at radius 3 is 2.57 bits per heavy atom. The number of benzene rings is 1. The topological polar surface area (TPSA) is 80.8 Å². The van der Waals surface area contributed by atoms with Gasteiger partial charge in [0.1, 0.15) is 23.1 Å². The van der Waals surface area contributed by atoms with Gasteiger partial charge in [-0.15, -0.1) is 0 Å². The summed E-state index contributed by atoms with van der Waals surface area (Å²) in [5.41, 5.74) is -1.30. The molecule has 0 spiro atoms. The first-order valence-electron chi connectivity index (χ1n) is 8.76. The Hall–Kier alpha value is -3.37. The Labute approximate surface area is 168 Å². The number of nitrogens with zero attached hydrogens (tertiary/aromatic N) is 2. The molecule has 1 saturated heterocycles. The first-order chi connectivity index (χ1) is 14.1. The number of methoxy groups -OCH3 is 1. The molecule has 1 aromatic heterocycles. The minimum atomic E-state index is -4.87. The minimum absolute atomic E-state index is 0.0774. The molecule has 0 radical (unpaired) electrons. The number of carbonyl (C=O) groups is 2. The van der Waals surface area contributed by atoms with Gasteiger partial charge >= 0.3 is 6.18 Å². The van der Waals surface area contributed by atoms with E-state index in [-0.39, 0.29) is 29.5 Å². The number of amides is 2. The second-order valence-electron chi connectivity index (χ2n) is 6.50. The number of likely N-dealkylation sites (tertiary alicyclic amines) is 1. The van der Waals surface area contributed by atoms with Crippen molar-refractivity contribution < 1.29 is 36.6 Å². The fraction of sp³-hybridized carbons (Fsp3) is 0.316. The molecule has 2 heterocycles. The molecule has 160 valence electrons. The summed E-state index contributed by atoms with van der Waals surface area (Å²) < 4.78 is 62.1. The maximum Gasteiger partial charge on any atom is 0.420 e. The number of carbonyl (C=O) groups excluding carboxylic acids is 2. The van der Waals surface area contributed by atoms with Gasteiger partial charge in [0.2, 0.25) is 23.6 Å². The van der Waals surface area contributed by atoms with Crippen molar-refractivity contribution in [3.8, 4) is 17.4 Å². The van der Waals surface area contributed by atoms with Crippen molar-refractivity contribution >= 4 is 17.5 Å². The first-order valence-corrected chi connectivity index (χ1v) is 8.76. The molecule has 7 nitrogen and oxygen atoms in total. The van der Waals surface area contributed by atoms with Gasteiger partial charge < -0.3 is 19.7 Å². The highest BCUT2D eigenvalue weighted by molar-refractivity contribution is 5.99. The number of rotatable bonds is 5. The van der Waals surface area contributed by atoms with Gasteiger partial charge in [0.05, 0.1) is 12.8 Å². The molecule has 1 aliphatic heterocycles. The molecule has 1 unspecified atom stereocenters. The summed E-state index contributed by atoms with van der Waals surface area (Å²) in [7, 11) is 2.91. The van der Waals surface area contributed by atoms with E-state index in [1.807, 2.05) is 0 Å². The van der Waals surface area contributed by atoms with Gasteiger partial charge in [0, 0.05) is 25.6 Å². The molecule has 0 aliphatic carbocycles. The van der Waals surface area contributed by atoms with E-state index in [9.17, 15) is 27.2 Å². The predicted octanol–water partition coefficient (Wildman–Crippen LogP) is 3.60. The maximum absolute atomic E-state index is 13.6. The zero-order chi connectivity index (χ0) is 22.1. The second-order valence-corrected chi connectivity index (χ2v) is 6.50. The van der Waals surface area contributed by atoms with E-state index >= 15 is 0 Å². The Bertz CT molecular complexity index is 981. The van der Waals surface area contributed by atoms with Crippen LogP contribution in [-0.4, -0.2) is 41.9 Å². The Kier molecular flexibility index (Phi) is 5.81. The van der Waals surface area contributed by atoms with E-state index in [4.69, 9.17) is 9.47 Å². The fourth-order valence-electron chi connectivity index (χ4n) is 2.98. The summed E-state index contributed by atoms with van der Waals surface area (Å²) in [6.45, 7) is 0. The molecule has 1 atom stereocenters. The zero-order valence-electron chi connectivity index (χ0n) is 15.9. The number of anilines is 1. The van der Waals surface area contributed by atoms with Crippen LogP contribution in [0.1, 0.15) is 18.4 Å². The van der Waals surface area contributed by atoms with E-state index < -0.39 is 35.5 Å². The van der Waals surface area contributed by atoms with E-state index in [1.165, 1.54) is 37.3 Å². The van der Waals surface area contributed by atoms with Crippen LogP contribution in [0, 0.1) is 5.95 Å². The highest BCUT2D eigenvalue weighted by atomic mass is 19.4. The molecule has 1 N–H and O–H groups in total. The molecule has 30 heavy (non-hydrogen) atoms. The van der Waals surface area contributed by atoms with E-state index in [0.29, 0.717) is 12.5 Å². The van der Waals surface area contributed by atoms with Crippen LogP contribution >= 0.6 is 0 Å². The van der Waals surface area contributed by atoms with Crippen molar-refractivity contribution in [2.24, 2.45) is 0 Å². The van der Waals surface area contributed by atoms with Crippen LogP contribution in [-0.2, 0) is 15.8 Å². The van der Waals surface area contributed by atoms with Gasteiger partial charge in [0.15, 0.2) is 0 Å². The zero-order valence-corrected chi connectivity index (χ0v) is 15.9. The van der Waals surface area contributed by atoms with Crippen molar-refractivity contribution in [3.63, 3.8) is 0 Å². The average Bonchev–Trinajstić information content (AvgIpc) is 3.00. The third-order valence-corrected chi connectivity index (χ3v) is 4.58. The normalized spacial score (nSPS) is 16.5. The molecular weight excluding hydrogens is 410 g/mol. The molecule has 11 heteroatoms. The van der Waals surface area contributed by atoms with Crippen LogP contribution in [0.5, 0.6) is 17.4 Å². The number of hydrogen-bond donors (Lipinski definition) is 1. The van der Waals surface area contributed by atoms with Gasteiger partial charge in [0.25, 0.3) is 0 Å². The van der Waals surface area contributed by atoms with Crippen LogP contribution in [0.2, 0.25) is 0 Å². The first kappa shape index (κ1) is 21.3. The predicted molar refractivity (Wildman–Crippen MR) is 96.7 cm³/mol. The standard InChI is InChI=1S/C19H17F4N3O4/c1-26-13(5-8-16(26)27)18(28)24-12-9-10(3-6-14(12)29-2)30-15-7-4-11(17(20)25-15)19(21,22)23/h3-4,6-7,9,13H,5,8H2,1-2H3,(H,24,28). The molecule has 2 aromatic rings. The highest BCUT2D eigenvalue weighted by Crippen LogP contribution is 2.34. The van der Waals surface area contributed by atoms with Crippen LogP contribution in [0.4, 0.5) is 23.2 Å². The summed E-state index contributed by atoms with van der Waals surface area (Å²) in [6.07, 6.45) is -4.24. The number of hydrogen-bond acceptors (Lipinski definition) is 5. The second kappa shape index (κ2) is 8.17. The lowest BCUT2D eigenvalue weighted by Gasteiger charge is -2.20. The highest BCUT2D eigenvalue weighted by Gasteiger charge is 2.35. The molecule has 3 rings (SSSR count). The molecule has 0 saturated carbocycles. The lowest BCUT2D eigenvalue weighted by molar-refractivity contribution is -0.140. The summed E-state index contributed by atoms with van der Waals surface area (Å²) in [5, 5.41) is 2.64. The van der Waals surface area contributed by atoms with Crippen LogP contribution in [0.3, 0.4) is 0 Å². The number of halogens is 4. The molecule has 1 fully saturated rings. The lowest BCUT2D eigenvalue weighted by atomic mass is 10.2. The van der Waals surface area contributed by atoms with Crippen molar-refractivity contribution in [1.29, 1.82) is 0 Å². The fourth-order valence-corrected chi connectivity index (χ4v) is 2.98. The Morgan fingerprint density at radius 2 is 2.00 bits per heavy atom. The Balaban J connectivity index is 1.80. The van der Waals surface area contributed by atoms with Gasteiger partial charge in [-0.2, -0.15) is 22.5 Å². The number of nitrogens with one attached hydrogen (secondary N) is 1. The summed E-state index contributed by atoms with van der Waals surface area (Å²) in [4.78, 5) is 28.7. The van der Waals surface area contributed by atoms with Crippen molar-refractivity contribution in [2.75, 3.05) is 19.5 Å². The third kappa shape index (κ3) is 4.44. The number of pyridine rings is 1. The molecule has 1 aliphatic rings. The van der Waals surface area contributed by atoms with E-state index in [2.05, 4.69) is 10.3 Å². The monoisotopic (exact) mass is 427 g/mol. The molecule has 1 aromatic carbocycles. The quantitative estimate of drug-likeness (QED) is 0.583. The summed E-state index contributed by atoms with van der Waals surface area (Å²) in [6, 6.07) is 4.98. The van der Waals surface area contributed by atoms with Crippen molar-refractivity contribution in [1.82, 2.24) is 9.88 Å². The minimum Gasteiger partial charge on any atom is -0.495 e. The van der Waals surface area contributed by atoms with E-state index in [0.717, 1.165) is 6.07 Å². The third-order valence-electron chi connectivity index (χ3n) is 4.58. The number of ether oxygens (including phenoxy) is 2. The molecular formula is C19H17F4N3O4. The SMILES string of the molecule is COc1ccc(Oc2ccc(C(F)(F)F)c(F)n2)cc1NC(=O)C1CCC(=O)N1C. The van der Waals surface area contributed by atoms with Crippen LogP contribution in [0.25, 0.3) is 0 Å². The Morgan fingerprint density at radius 1 is 1.27 bits per heavy atom. The van der Waals surface area contributed by atoms with Crippen LogP contribution in [0.15, 0.2) is 30.3 Å². The van der Waals surface area contributed by atoms with E-state index in [1.54, 1.807) is 0 Å². The maximum atomic E-state index is 13.6. The number of likely N-dealkylation sites (N-methyl/N-ethyl adjacent to an activating group) is 1. The summed E-state index contributed by atoms with van der Waals surface area (Å²) in [5.74, 6) is -2.32.